The fraction of sp³-hybridized carbons (Fsp3) is 0.400. The number of rotatable bonds is 4. The molecule has 160 valence electrons. The van der Waals surface area contributed by atoms with E-state index in [1.807, 2.05) is 67.3 Å². The van der Waals surface area contributed by atoms with Crippen LogP contribution in [0.5, 0.6) is 0 Å². The van der Waals surface area contributed by atoms with Crippen molar-refractivity contribution in [3.05, 3.63) is 72.1 Å². The molecule has 1 unspecified atom stereocenters. The molecule has 1 atom stereocenters. The second kappa shape index (κ2) is 7.84. The number of nitrogens with zero attached hydrogens (tertiary/aromatic N) is 3. The molecule has 0 bridgehead atoms. The Morgan fingerprint density at radius 3 is 2.23 bits per heavy atom. The Bertz CT molecular complexity index is 1040. The van der Waals surface area contributed by atoms with Crippen molar-refractivity contribution in [1.29, 1.82) is 0 Å². The molecule has 6 nitrogen and oxygen atoms in total. The van der Waals surface area contributed by atoms with Gasteiger partial charge in [-0.2, -0.15) is 0 Å². The van der Waals surface area contributed by atoms with Crippen LogP contribution in [0.1, 0.15) is 62.9 Å². The second-order valence-corrected chi connectivity index (χ2v) is 9.01. The van der Waals surface area contributed by atoms with Crippen LogP contribution in [-0.4, -0.2) is 32.8 Å². The van der Waals surface area contributed by atoms with Gasteiger partial charge < -0.3 is 9.15 Å². The zero-order valence-electron chi connectivity index (χ0n) is 17.9. The number of carbonyl (C=O) groups excluding carboxylic acids is 1. The number of amides is 1. The van der Waals surface area contributed by atoms with E-state index in [0.717, 1.165) is 36.8 Å². The highest BCUT2D eigenvalue weighted by molar-refractivity contribution is 5.72. The van der Waals surface area contributed by atoms with Gasteiger partial charge >= 0.3 is 6.09 Å². The first-order chi connectivity index (χ1) is 15.0. The van der Waals surface area contributed by atoms with Crippen molar-refractivity contribution in [1.82, 2.24) is 15.1 Å². The van der Waals surface area contributed by atoms with Crippen LogP contribution in [0, 0.1) is 0 Å². The standard InChI is InChI=1S/C25H27N3O3/c1-25(2)21(17-9-5-3-6-10-17)28(24(29)31-25)20-15-13-19(14-16-20)23-27-26-22(30-23)18-11-7-4-8-12-18/h3-12,19-21H,13-16H2,1-2H3/t19-,20-,21?. The number of carbonyl (C=O) groups is 1. The van der Waals surface area contributed by atoms with Crippen molar-refractivity contribution >= 4 is 6.09 Å². The maximum atomic E-state index is 12.8. The average Bonchev–Trinajstić information content (AvgIpc) is 3.37. The molecule has 3 aromatic rings. The molecular weight excluding hydrogens is 390 g/mol. The van der Waals surface area contributed by atoms with Gasteiger partial charge in [-0.15, -0.1) is 10.2 Å². The van der Waals surface area contributed by atoms with E-state index in [1.54, 1.807) is 0 Å². The molecule has 5 rings (SSSR count). The molecule has 1 aromatic heterocycles. The van der Waals surface area contributed by atoms with Gasteiger partial charge in [0.15, 0.2) is 0 Å². The average molecular weight is 418 g/mol. The van der Waals surface area contributed by atoms with Gasteiger partial charge in [0.05, 0.1) is 6.04 Å². The lowest BCUT2D eigenvalue weighted by Crippen LogP contribution is -2.42. The van der Waals surface area contributed by atoms with Crippen molar-refractivity contribution in [2.45, 2.75) is 63.1 Å². The SMILES string of the molecule is CC1(C)OC(=O)N([C@H]2CC[C@H](c3nnc(-c4ccccc4)o3)CC2)C1c1ccccc1. The minimum absolute atomic E-state index is 0.0872. The van der Waals surface area contributed by atoms with E-state index in [2.05, 4.69) is 22.3 Å². The van der Waals surface area contributed by atoms with Crippen LogP contribution in [0.4, 0.5) is 4.79 Å². The van der Waals surface area contributed by atoms with Crippen molar-refractivity contribution < 1.29 is 13.9 Å². The minimum Gasteiger partial charge on any atom is -0.441 e. The van der Waals surface area contributed by atoms with Crippen LogP contribution in [0.15, 0.2) is 65.1 Å². The summed E-state index contributed by atoms with van der Waals surface area (Å²) in [6.07, 6.45) is 3.39. The van der Waals surface area contributed by atoms with Crippen molar-refractivity contribution in [3.63, 3.8) is 0 Å². The molecule has 6 heteroatoms. The first-order valence-electron chi connectivity index (χ1n) is 11.0. The first-order valence-corrected chi connectivity index (χ1v) is 11.0. The second-order valence-electron chi connectivity index (χ2n) is 9.01. The van der Waals surface area contributed by atoms with Gasteiger partial charge in [-0.05, 0) is 57.2 Å². The molecule has 1 aliphatic heterocycles. The van der Waals surface area contributed by atoms with Crippen molar-refractivity contribution in [2.75, 3.05) is 0 Å². The van der Waals surface area contributed by atoms with Gasteiger partial charge in [0.2, 0.25) is 11.8 Å². The number of hydrogen-bond acceptors (Lipinski definition) is 5. The highest BCUT2D eigenvalue weighted by Crippen LogP contribution is 2.46. The van der Waals surface area contributed by atoms with Gasteiger partial charge in [-0.3, -0.25) is 4.90 Å². The Kier molecular flexibility index (Phi) is 5.00. The summed E-state index contributed by atoms with van der Waals surface area (Å²) in [6.45, 7) is 4.00. The van der Waals surface area contributed by atoms with Crippen LogP contribution < -0.4 is 0 Å². The summed E-state index contributed by atoms with van der Waals surface area (Å²) >= 11 is 0. The van der Waals surface area contributed by atoms with Crippen molar-refractivity contribution in [3.8, 4) is 11.5 Å². The third-order valence-electron chi connectivity index (χ3n) is 6.51. The van der Waals surface area contributed by atoms with E-state index in [4.69, 9.17) is 9.15 Å². The Morgan fingerprint density at radius 1 is 0.903 bits per heavy atom. The fourth-order valence-corrected chi connectivity index (χ4v) is 5.03. The topological polar surface area (TPSA) is 68.5 Å². The van der Waals surface area contributed by atoms with E-state index < -0.39 is 5.60 Å². The molecule has 0 radical (unpaired) electrons. The third-order valence-corrected chi connectivity index (χ3v) is 6.51. The zero-order valence-corrected chi connectivity index (χ0v) is 17.9. The molecule has 1 aliphatic carbocycles. The van der Waals surface area contributed by atoms with Gasteiger partial charge in [0, 0.05) is 17.5 Å². The van der Waals surface area contributed by atoms with Crippen LogP contribution in [0.2, 0.25) is 0 Å². The summed E-state index contributed by atoms with van der Waals surface area (Å²) in [5.74, 6) is 1.48. The number of cyclic esters (lactones) is 1. The number of benzene rings is 2. The van der Waals surface area contributed by atoms with Crippen LogP contribution in [0.25, 0.3) is 11.5 Å². The molecule has 2 aromatic carbocycles. The highest BCUT2D eigenvalue weighted by Gasteiger charge is 2.51. The van der Waals surface area contributed by atoms with E-state index in [0.29, 0.717) is 11.8 Å². The third kappa shape index (κ3) is 3.71. The molecule has 0 N–H and O–H groups in total. The largest absolute Gasteiger partial charge is 0.441 e. The smallest absolute Gasteiger partial charge is 0.411 e. The van der Waals surface area contributed by atoms with Crippen LogP contribution in [0.3, 0.4) is 0 Å². The molecule has 0 spiro atoms. The summed E-state index contributed by atoms with van der Waals surface area (Å²) < 4.78 is 11.8. The molecule has 1 amide bonds. The lowest BCUT2D eigenvalue weighted by molar-refractivity contribution is 0.0663. The summed E-state index contributed by atoms with van der Waals surface area (Å²) in [6, 6.07) is 20.1. The van der Waals surface area contributed by atoms with Crippen LogP contribution in [-0.2, 0) is 4.74 Å². The Labute approximate surface area is 182 Å². The number of aromatic nitrogens is 2. The monoisotopic (exact) mass is 417 g/mol. The Hall–Kier alpha value is -3.15. The minimum atomic E-state index is -0.563. The van der Waals surface area contributed by atoms with Crippen molar-refractivity contribution in [2.24, 2.45) is 0 Å². The highest BCUT2D eigenvalue weighted by atomic mass is 16.6. The van der Waals surface area contributed by atoms with Crippen LogP contribution >= 0.6 is 0 Å². The Morgan fingerprint density at radius 2 is 1.55 bits per heavy atom. The first kappa shape index (κ1) is 19.8. The molecule has 31 heavy (non-hydrogen) atoms. The molecule has 1 saturated carbocycles. The predicted molar refractivity (Wildman–Crippen MR) is 116 cm³/mol. The predicted octanol–water partition coefficient (Wildman–Crippen LogP) is 5.73. The summed E-state index contributed by atoms with van der Waals surface area (Å²) in [5, 5.41) is 8.56. The number of hydrogen-bond donors (Lipinski definition) is 0. The van der Waals surface area contributed by atoms with E-state index in [9.17, 15) is 4.79 Å². The van der Waals surface area contributed by atoms with Gasteiger partial charge in [0.25, 0.3) is 0 Å². The van der Waals surface area contributed by atoms with Gasteiger partial charge in [0.1, 0.15) is 5.60 Å². The molecule has 1 saturated heterocycles. The maximum absolute atomic E-state index is 12.8. The molecule has 2 heterocycles. The Balaban J connectivity index is 1.31. The molecular formula is C25H27N3O3. The molecule has 2 fully saturated rings. The van der Waals surface area contributed by atoms with Gasteiger partial charge in [-0.1, -0.05) is 48.5 Å². The summed E-state index contributed by atoms with van der Waals surface area (Å²) in [7, 11) is 0. The maximum Gasteiger partial charge on any atom is 0.411 e. The van der Waals surface area contributed by atoms with E-state index >= 15 is 0 Å². The molecule has 2 aliphatic rings. The lowest BCUT2D eigenvalue weighted by atomic mass is 9.83. The quantitative estimate of drug-likeness (QED) is 0.542. The van der Waals surface area contributed by atoms with E-state index in [1.165, 1.54) is 0 Å². The van der Waals surface area contributed by atoms with Gasteiger partial charge in [-0.25, -0.2) is 4.79 Å². The van der Waals surface area contributed by atoms with E-state index in [-0.39, 0.29) is 24.1 Å². The number of ether oxygens (including phenoxy) is 1. The normalized spacial score (nSPS) is 25.4. The summed E-state index contributed by atoms with van der Waals surface area (Å²) in [4.78, 5) is 14.8. The lowest BCUT2D eigenvalue weighted by Gasteiger charge is -2.37. The zero-order chi connectivity index (χ0) is 21.4. The fourth-order valence-electron chi connectivity index (χ4n) is 5.03. The summed E-state index contributed by atoms with van der Waals surface area (Å²) in [5.41, 5.74) is 1.49.